The minimum atomic E-state index is -3.65. The van der Waals surface area contributed by atoms with Crippen LogP contribution in [0.15, 0.2) is 23.1 Å². The van der Waals surface area contributed by atoms with Crippen LogP contribution < -0.4 is 5.32 Å². The van der Waals surface area contributed by atoms with Gasteiger partial charge in [-0.25, -0.2) is 17.2 Å². The van der Waals surface area contributed by atoms with Crippen molar-refractivity contribution >= 4 is 9.84 Å². The highest BCUT2D eigenvalue weighted by molar-refractivity contribution is 7.91. The summed E-state index contributed by atoms with van der Waals surface area (Å²) >= 11 is 0. The largest absolute Gasteiger partial charge is 0.313 e. The van der Waals surface area contributed by atoms with Crippen molar-refractivity contribution in [2.24, 2.45) is 5.92 Å². The fourth-order valence-corrected chi connectivity index (χ4v) is 3.64. The van der Waals surface area contributed by atoms with Crippen molar-refractivity contribution in [3.63, 3.8) is 0 Å². The minimum Gasteiger partial charge on any atom is -0.313 e. The monoisotopic (exact) mass is 305 g/mol. The maximum atomic E-state index is 13.2. The van der Waals surface area contributed by atoms with Crippen molar-refractivity contribution in [1.82, 2.24) is 5.32 Å². The molecule has 1 N–H and O–H groups in total. The van der Waals surface area contributed by atoms with Crippen LogP contribution in [0.2, 0.25) is 0 Å². The lowest BCUT2D eigenvalue weighted by Crippen LogP contribution is -2.40. The van der Waals surface area contributed by atoms with Crippen LogP contribution in [0.4, 0.5) is 8.78 Å². The van der Waals surface area contributed by atoms with Crippen LogP contribution in [0.3, 0.4) is 0 Å². The molecular formula is C14H21F2NO2S. The summed E-state index contributed by atoms with van der Waals surface area (Å²) in [4.78, 5) is -0.178. The number of benzene rings is 1. The Morgan fingerprint density at radius 3 is 2.35 bits per heavy atom. The molecule has 114 valence electrons. The van der Waals surface area contributed by atoms with Gasteiger partial charge < -0.3 is 5.32 Å². The first-order valence-corrected chi connectivity index (χ1v) is 8.38. The molecule has 2 unspecified atom stereocenters. The molecule has 0 aromatic heterocycles. The highest BCUT2D eigenvalue weighted by atomic mass is 32.2. The van der Waals surface area contributed by atoms with E-state index in [1.807, 2.05) is 20.8 Å². The number of rotatable bonds is 7. The van der Waals surface area contributed by atoms with Crippen molar-refractivity contribution in [2.45, 2.75) is 38.1 Å². The molecule has 0 aliphatic heterocycles. The molecule has 0 saturated heterocycles. The predicted octanol–water partition coefficient (Wildman–Crippen LogP) is 2.76. The molecule has 0 bridgehead atoms. The fraction of sp³-hybridized carbons (Fsp3) is 0.571. The van der Waals surface area contributed by atoms with Gasteiger partial charge in [0.25, 0.3) is 0 Å². The van der Waals surface area contributed by atoms with Crippen molar-refractivity contribution in [1.29, 1.82) is 0 Å². The third-order valence-corrected chi connectivity index (χ3v) is 5.22. The Hall–Kier alpha value is -1.01. The lowest BCUT2D eigenvalue weighted by Gasteiger charge is -2.23. The molecule has 0 fully saturated rings. The number of sulfone groups is 1. The summed E-state index contributed by atoms with van der Waals surface area (Å²) in [7, 11) is -3.65. The third kappa shape index (κ3) is 4.24. The van der Waals surface area contributed by atoms with Crippen LogP contribution >= 0.6 is 0 Å². The molecular weight excluding hydrogens is 284 g/mol. The minimum absolute atomic E-state index is 0.124. The van der Waals surface area contributed by atoms with E-state index in [1.165, 1.54) is 0 Å². The summed E-state index contributed by atoms with van der Waals surface area (Å²) in [6, 6.07) is 2.48. The summed E-state index contributed by atoms with van der Waals surface area (Å²) in [6.45, 7) is 6.51. The standard InChI is InChI=1S/C14H21F2NO2S/c1-4-10(3)14(17-5-2)9-20(18,19)11-6-7-12(15)13(16)8-11/h6-8,10,14,17H,4-5,9H2,1-3H3. The topological polar surface area (TPSA) is 46.2 Å². The molecule has 0 aliphatic rings. The summed E-state index contributed by atoms with van der Waals surface area (Å²) in [5.41, 5.74) is 0. The van der Waals surface area contributed by atoms with Crippen LogP contribution in [0.1, 0.15) is 27.2 Å². The average Bonchev–Trinajstić information content (AvgIpc) is 2.40. The molecule has 0 radical (unpaired) electrons. The lowest BCUT2D eigenvalue weighted by molar-refractivity contribution is 0.397. The number of hydrogen-bond donors (Lipinski definition) is 1. The van der Waals surface area contributed by atoms with Crippen LogP contribution in [-0.4, -0.2) is 26.8 Å². The van der Waals surface area contributed by atoms with E-state index in [2.05, 4.69) is 5.32 Å². The van der Waals surface area contributed by atoms with E-state index in [-0.39, 0.29) is 22.6 Å². The van der Waals surface area contributed by atoms with Gasteiger partial charge in [-0.2, -0.15) is 0 Å². The Labute approximate surface area is 119 Å². The second-order valence-corrected chi connectivity index (χ2v) is 6.94. The van der Waals surface area contributed by atoms with Gasteiger partial charge in [0.05, 0.1) is 10.6 Å². The molecule has 0 saturated carbocycles. The molecule has 1 aromatic carbocycles. The molecule has 0 aliphatic carbocycles. The van der Waals surface area contributed by atoms with Crippen molar-refractivity contribution in [3.05, 3.63) is 29.8 Å². The van der Waals surface area contributed by atoms with E-state index in [4.69, 9.17) is 0 Å². The fourth-order valence-electron chi connectivity index (χ4n) is 1.97. The molecule has 0 heterocycles. The van der Waals surface area contributed by atoms with E-state index in [0.29, 0.717) is 6.54 Å². The van der Waals surface area contributed by atoms with Crippen molar-refractivity contribution < 1.29 is 17.2 Å². The van der Waals surface area contributed by atoms with Gasteiger partial charge in [0, 0.05) is 6.04 Å². The number of nitrogens with one attached hydrogen (secondary N) is 1. The van der Waals surface area contributed by atoms with E-state index >= 15 is 0 Å². The summed E-state index contributed by atoms with van der Waals surface area (Å²) < 4.78 is 50.6. The van der Waals surface area contributed by atoms with Crippen LogP contribution in [0.25, 0.3) is 0 Å². The SMILES string of the molecule is CCNC(CS(=O)(=O)c1ccc(F)c(F)c1)C(C)CC. The molecule has 20 heavy (non-hydrogen) atoms. The van der Waals surface area contributed by atoms with E-state index in [0.717, 1.165) is 24.6 Å². The van der Waals surface area contributed by atoms with Crippen LogP contribution in [0.5, 0.6) is 0 Å². The van der Waals surface area contributed by atoms with Gasteiger partial charge in [-0.05, 0) is 30.7 Å². The Balaban J connectivity index is 2.99. The molecule has 2 atom stereocenters. The Morgan fingerprint density at radius 2 is 1.85 bits per heavy atom. The number of halogens is 2. The molecule has 1 rings (SSSR count). The zero-order valence-corrected chi connectivity index (χ0v) is 12.8. The molecule has 3 nitrogen and oxygen atoms in total. The second-order valence-electron chi connectivity index (χ2n) is 4.91. The third-order valence-electron chi connectivity index (χ3n) is 3.45. The Kier molecular flexibility index (Phi) is 6.07. The van der Waals surface area contributed by atoms with Crippen LogP contribution in [0, 0.1) is 17.6 Å². The van der Waals surface area contributed by atoms with E-state index < -0.39 is 21.5 Å². The number of hydrogen-bond acceptors (Lipinski definition) is 3. The van der Waals surface area contributed by atoms with Crippen LogP contribution in [-0.2, 0) is 9.84 Å². The summed E-state index contributed by atoms with van der Waals surface area (Å²) in [5.74, 6) is -2.14. The normalized spacial score (nSPS) is 15.1. The highest BCUT2D eigenvalue weighted by Crippen LogP contribution is 2.18. The quantitative estimate of drug-likeness (QED) is 0.788. The smallest absolute Gasteiger partial charge is 0.180 e. The Morgan fingerprint density at radius 1 is 1.20 bits per heavy atom. The highest BCUT2D eigenvalue weighted by Gasteiger charge is 2.25. The first kappa shape index (κ1) is 17.0. The van der Waals surface area contributed by atoms with Gasteiger partial charge in [-0.15, -0.1) is 0 Å². The van der Waals surface area contributed by atoms with Gasteiger partial charge >= 0.3 is 0 Å². The maximum absolute atomic E-state index is 13.2. The summed E-state index contributed by atoms with van der Waals surface area (Å²) in [6.07, 6.45) is 0.838. The average molecular weight is 305 g/mol. The predicted molar refractivity (Wildman–Crippen MR) is 75.3 cm³/mol. The molecule has 0 spiro atoms. The zero-order chi connectivity index (χ0) is 15.3. The second kappa shape index (κ2) is 7.13. The zero-order valence-electron chi connectivity index (χ0n) is 12.0. The molecule has 0 amide bonds. The molecule has 6 heteroatoms. The first-order chi connectivity index (χ1) is 9.31. The van der Waals surface area contributed by atoms with Crippen molar-refractivity contribution in [3.8, 4) is 0 Å². The van der Waals surface area contributed by atoms with Gasteiger partial charge in [-0.3, -0.25) is 0 Å². The van der Waals surface area contributed by atoms with Gasteiger partial charge in [0.2, 0.25) is 0 Å². The van der Waals surface area contributed by atoms with Gasteiger partial charge in [0.1, 0.15) is 0 Å². The van der Waals surface area contributed by atoms with E-state index in [9.17, 15) is 17.2 Å². The maximum Gasteiger partial charge on any atom is 0.180 e. The van der Waals surface area contributed by atoms with Crippen molar-refractivity contribution in [2.75, 3.05) is 12.3 Å². The molecule has 1 aromatic rings. The summed E-state index contributed by atoms with van der Waals surface area (Å²) in [5, 5.41) is 3.14. The van der Waals surface area contributed by atoms with Gasteiger partial charge in [-0.1, -0.05) is 27.2 Å². The van der Waals surface area contributed by atoms with Gasteiger partial charge in [0.15, 0.2) is 21.5 Å². The Bertz CT molecular complexity index is 546. The first-order valence-electron chi connectivity index (χ1n) is 6.73. The lowest BCUT2D eigenvalue weighted by atomic mass is 10.0. The van der Waals surface area contributed by atoms with E-state index in [1.54, 1.807) is 0 Å².